The van der Waals surface area contributed by atoms with Crippen molar-refractivity contribution in [1.29, 1.82) is 0 Å². The number of hydrogen-bond acceptors (Lipinski definition) is 8. The molecule has 10 heteroatoms. The Kier molecular flexibility index (Phi) is 5.91. The molecule has 3 aromatic rings. The van der Waals surface area contributed by atoms with E-state index in [9.17, 15) is 4.79 Å². The van der Waals surface area contributed by atoms with Crippen molar-refractivity contribution in [3.8, 4) is 5.82 Å². The van der Waals surface area contributed by atoms with Gasteiger partial charge in [-0.1, -0.05) is 0 Å². The fourth-order valence-electron chi connectivity index (χ4n) is 4.38. The molecule has 0 aromatic carbocycles. The van der Waals surface area contributed by atoms with Crippen LogP contribution in [-0.4, -0.2) is 61.8 Å². The largest absolute Gasteiger partial charge is 0.357 e. The molecule has 0 saturated carbocycles. The van der Waals surface area contributed by atoms with Crippen molar-refractivity contribution in [2.45, 2.75) is 32.2 Å². The molecule has 0 unspecified atom stereocenters. The van der Waals surface area contributed by atoms with Crippen molar-refractivity contribution in [2.75, 3.05) is 36.0 Å². The van der Waals surface area contributed by atoms with Gasteiger partial charge in [-0.3, -0.25) is 4.79 Å². The predicted molar refractivity (Wildman–Crippen MR) is 119 cm³/mol. The average molecular weight is 434 g/mol. The molecule has 0 aliphatic carbocycles. The van der Waals surface area contributed by atoms with Crippen LogP contribution in [0.5, 0.6) is 0 Å². The van der Waals surface area contributed by atoms with E-state index in [2.05, 4.69) is 46.2 Å². The molecule has 2 aliphatic rings. The van der Waals surface area contributed by atoms with Crippen molar-refractivity contribution in [3.05, 3.63) is 48.9 Å². The second-order valence-electron chi connectivity index (χ2n) is 8.29. The zero-order chi connectivity index (χ0) is 21.8. The molecule has 10 nitrogen and oxygen atoms in total. The first-order valence-electron chi connectivity index (χ1n) is 11.2. The highest BCUT2D eigenvalue weighted by Crippen LogP contribution is 2.23. The summed E-state index contributed by atoms with van der Waals surface area (Å²) in [4.78, 5) is 34.5. The molecule has 3 aromatic heterocycles. The Hall–Kier alpha value is -3.56. The number of hydrogen-bond donors (Lipinski definition) is 1. The molecule has 166 valence electrons. The third kappa shape index (κ3) is 4.53. The van der Waals surface area contributed by atoms with E-state index in [1.165, 1.54) is 25.5 Å². The van der Waals surface area contributed by atoms with Gasteiger partial charge < -0.3 is 15.1 Å². The van der Waals surface area contributed by atoms with Crippen LogP contribution < -0.4 is 15.1 Å². The van der Waals surface area contributed by atoms with E-state index < -0.39 is 0 Å². The van der Waals surface area contributed by atoms with E-state index in [1.807, 2.05) is 18.3 Å². The van der Waals surface area contributed by atoms with Gasteiger partial charge in [0, 0.05) is 45.0 Å². The minimum atomic E-state index is -0.0755. The first-order chi connectivity index (χ1) is 15.8. The van der Waals surface area contributed by atoms with Crippen LogP contribution in [0.15, 0.2) is 43.4 Å². The number of anilines is 2. The molecule has 0 radical (unpaired) electrons. The predicted octanol–water partition coefficient (Wildman–Crippen LogP) is 1.59. The van der Waals surface area contributed by atoms with Gasteiger partial charge in [0.15, 0.2) is 5.82 Å². The number of amides is 1. The summed E-state index contributed by atoms with van der Waals surface area (Å²) >= 11 is 0. The van der Waals surface area contributed by atoms with Gasteiger partial charge in [-0.2, -0.15) is 5.10 Å². The summed E-state index contributed by atoms with van der Waals surface area (Å²) in [7, 11) is 0. The van der Waals surface area contributed by atoms with E-state index >= 15 is 0 Å². The summed E-state index contributed by atoms with van der Waals surface area (Å²) in [5.74, 6) is 2.47. The first kappa shape index (κ1) is 20.3. The molecule has 2 aliphatic heterocycles. The first-order valence-corrected chi connectivity index (χ1v) is 11.2. The lowest BCUT2D eigenvalue weighted by atomic mass is 9.97. The highest BCUT2D eigenvalue weighted by atomic mass is 16.1. The van der Waals surface area contributed by atoms with Crippen molar-refractivity contribution < 1.29 is 4.79 Å². The lowest BCUT2D eigenvalue weighted by Gasteiger charge is -2.32. The fraction of sp³-hybridized carbons (Fsp3) is 0.455. The molecule has 2 fully saturated rings. The van der Waals surface area contributed by atoms with Crippen LogP contribution in [0, 0.1) is 5.92 Å². The third-order valence-corrected chi connectivity index (χ3v) is 6.11. The number of carbonyl (C=O) groups is 1. The van der Waals surface area contributed by atoms with Crippen LogP contribution in [0.4, 0.5) is 11.6 Å². The minimum Gasteiger partial charge on any atom is -0.357 e. The van der Waals surface area contributed by atoms with Gasteiger partial charge >= 0.3 is 0 Å². The normalized spacial score (nSPS) is 18.7. The Morgan fingerprint density at radius 3 is 2.62 bits per heavy atom. The fourth-order valence-corrected chi connectivity index (χ4v) is 4.38. The number of nitrogens with one attached hydrogen (secondary N) is 1. The number of carbonyl (C=O) groups excluding carboxylic acids is 1. The van der Waals surface area contributed by atoms with Crippen molar-refractivity contribution in [1.82, 2.24) is 35.0 Å². The lowest BCUT2D eigenvalue weighted by Crippen LogP contribution is -2.43. The topological polar surface area (TPSA) is 105 Å². The smallest absolute Gasteiger partial charge is 0.225 e. The quantitative estimate of drug-likeness (QED) is 0.625. The molecule has 32 heavy (non-hydrogen) atoms. The number of rotatable bonds is 6. The monoisotopic (exact) mass is 433 g/mol. The lowest BCUT2D eigenvalue weighted by molar-refractivity contribution is -0.125. The zero-order valence-electron chi connectivity index (χ0n) is 18.0. The van der Waals surface area contributed by atoms with Gasteiger partial charge in [0.1, 0.15) is 30.6 Å². The highest BCUT2D eigenvalue weighted by Gasteiger charge is 2.27. The van der Waals surface area contributed by atoms with Crippen molar-refractivity contribution >= 4 is 17.5 Å². The van der Waals surface area contributed by atoms with E-state index in [-0.39, 0.29) is 11.8 Å². The molecule has 5 rings (SSSR count). The summed E-state index contributed by atoms with van der Waals surface area (Å²) in [6, 6.07) is 5.94. The summed E-state index contributed by atoms with van der Waals surface area (Å²) < 4.78 is 1.60. The van der Waals surface area contributed by atoms with Crippen molar-refractivity contribution in [3.63, 3.8) is 0 Å². The van der Waals surface area contributed by atoms with Crippen molar-refractivity contribution in [2.24, 2.45) is 5.92 Å². The van der Waals surface area contributed by atoms with Gasteiger partial charge in [0.05, 0.1) is 5.92 Å². The average Bonchev–Trinajstić information content (AvgIpc) is 3.58. The maximum Gasteiger partial charge on any atom is 0.225 e. The van der Waals surface area contributed by atoms with E-state index in [4.69, 9.17) is 0 Å². The van der Waals surface area contributed by atoms with Crippen LogP contribution >= 0.6 is 0 Å². The molecule has 5 heterocycles. The van der Waals surface area contributed by atoms with E-state index in [0.717, 1.165) is 49.7 Å². The van der Waals surface area contributed by atoms with Crippen LogP contribution in [0.2, 0.25) is 0 Å². The Morgan fingerprint density at radius 1 is 0.969 bits per heavy atom. The maximum absolute atomic E-state index is 12.9. The standard InChI is InChI=1S/C22H27N9O/c32-22(25-12-17-5-6-24-19(10-17)29-7-1-2-8-29)18-4-3-9-30(13-18)20-11-21(27-15-26-20)31-16-23-14-28-31/h5-6,10-11,14-16,18H,1-4,7-9,12-13H2,(H,25,32)/t18-/m0/s1. The maximum atomic E-state index is 12.9. The Bertz CT molecular complexity index is 1050. The Balaban J connectivity index is 1.20. The number of piperidine rings is 1. The number of nitrogens with zero attached hydrogens (tertiary/aromatic N) is 8. The molecule has 1 atom stereocenters. The molecule has 2 saturated heterocycles. The molecular weight excluding hydrogens is 406 g/mol. The van der Waals surface area contributed by atoms with Gasteiger partial charge in [-0.15, -0.1) is 0 Å². The van der Waals surface area contributed by atoms with Gasteiger partial charge in [0.2, 0.25) is 5.91 Å². The third-order valence-electron chi connectivity index (χ3n) is 6.11. The summed E-state index contributed by atoms with van der Waals surface area (Å²) in [5, 5.41) is 7.25. The highest BCUT2D eigenvalue weighted by molar-refractivity contribution is 5.79. The van der Waals surface area contributed by atoms with Gasteiger partial charge in [0.25, 0.3) is 0 Å². The molecule has 1 N–H and O–H groups in total. The SMILES string of the molecule is O=C(NCc1ccnc(N2CCCC2)c1)[C@H]1CCCN(c2cc(-n3cncn3)ncn2)C1. The second-order valence-corrected chi connectivity index (χ2v) is 8.29. The number of pyridine rings is 1. The zero-order valence-corrected chi connectivity index (χ0v) is 18.0. The van der Waals surface area contributed by atoms with E-state index in [0.29, 0.717) is 18.9 Å². The molecule has 1 amide bonds. The van der Waals surface area contributed by atoms with Gasteiger partial charge in [-0.05, 0) is 43.4 Å². The van der Waals surface area contributed by atoms with Crippen LogP contribution in [-0.2, 0) is 11.3 Å². The van der Waals surface area contributed by atoms with Crippen LogP contribution in [0.1, 0.15) is 31.2 Å². The summed E-state index contributed by atoms with van der Waals surface area (Å²) in [5.41, 5.74) is 1.08. The second kappa shape index (κ2) is 9.29. The Labute approximate surface area is 186 Å². The molecular formula is C22H27N9O. The Morgan fingerprint density at radius 2 is 1.78 bits per heavy atom. The summed E-state index contributed by atoms with van der Waals surface area (Å²) in [6.45, 7) is 4.13. The summed E-state index contributed by atoms with van der Waals surface area (Å²) in [6.07, 6.45) is 10.7. The van der Waals surface area contributed by atoms with Gasteiger partial charge in [-0.25, -0.2) is 24.6 Å². The molecule has 0 spiro atoms. The van der Waals surface area contributed by atoms with Crippen LogP contribution in [0.3, 0.4) is 0 Å². The van der Waals surface area contributed by atoms with Crippen LogP contribution in [0.25, 0.3) is 5.82 Å². The number of aromatic nitrogens is 6. The minimum absolute atomic E-state index is 0.0755. The van der Waals surface area contributed by atoms with E-state index in [1.54, 1.807) is 11.0 Å². The molecule has 0 bridgehead atoms.